The van der Waals surface area contributed by atoms with Crippen LogP contribution in [0.1, 0.15) is 0 Å². The Morgan fingerprint density at radius 2 is 1.88 bits per heavy atom. The summed E-state index contributed by atoms with van der Waals surface area (Å²) in [6.07, 6.45) is 3.41. The molecule has 4 N–H and O–H groups in total. The van der Waals surface area contributed by atoms with Crippen LogP contribution in [0.5, 0.6) is 0 Å². The van der Waals surface area contributed by atoms with E-state index in [1.807, 2.05) is 0 Å². The highest BCUT2D eigenvalue weighted by Gasteiger charge is 2.10. The molecule has 0 amide bonds. The summed E-state index contributed by atoms with van der Waals surface area (Å²) < 4.78 is 7.91. The summed E-state index contributed by atoms with van der Waals surface area (Å²) >= 11 is 0.784. The van der Waals surface area contributed by atoms with Crippen molar-refractivity contribution in [3.8, 4) is 0 Å². The molecule has 0 saturated heterocycles. The molecule has 0 aliphatic carbocycles. The predicted octanol–water partition coefficient (Wildman–Crippen LogP) is 2.34. The Labute approximate surface area is 108 Å². The van der Waals surface area contributed by atoms with E-state index in [9.17, 15) is 4.79 Å². The molecule has 1 unspecified atom stereocenters. The van der Waals surface area contributed by atoms with Gasteiger partial charge in [0, 0.05) is 17.3 Å². The summed E-state index contributed by atoms with van der Waals surface area (Å²) in [4.78, 5) is 10.2. The fourth-order valence-corrected chi connectivity index (χ4v) is 2.33. The second-order valence-electron chi connectivity index (χ2n) is 2.39. The Bertz CT molecular complexity index is 202. The second-order valence-corrected chi connectivity index (χ2v) is 5.53. The van der Waals surface area contributed by atoms with Gasteiger partial charge in [0.25, 0.3) is 0 Å². The van der Waals surface area contributed by atoms with Crippen molar-refractivity contribution in [1.82, 2.24) is 0 Å². The topological polar surface area (TPSA) is 83.5 Å². The summed E-state index contributed by atoms with van der Waals surface area (Å²) in [6, 6.07) is -0.752. The Hall–Kier alpha value is -0.0800. The van der Waals surface area contributed by atoms with Crippen molar-refractivity contribution in [2.24, 2.45) is 5.73 Å². The monoisotopic (exact) mass is 283 g/mol. The van der Waals surface area contributed by atoms with Crippen LogP contribution in [0, 0.1) is 0 Å². The highest BCUT2D eigenvalue weighted by Crippen LogP contribution is 2.21. The van der Waals surface area contributed by atoms with Crippen molar-refractivity contribution in [3.05, 3.63) is 25.3 Å². The van der Waals surface area contributed by atoms with Gasteiger partial charge >= 0.3 is 5.97 Å². The van der Waals surface area contributed by atoms with Crippen LogP contribution < -0.4 is 5.73 Å². The lowest BCUT2D eigenvalue weighted by atomic mass is 10.4. The van der Waals surface area contributed by atoms with Gasteiger partial charge in [0.15, 0.2) is 0 Å². The lowest BCUT2D eigenvalue weighted by Crippen LogP contribution is -2.32. The fraction of sp³-hybridized carbons (Fsp3) is 0.444. The molecule has 16 heavy (non-hydrogen) atoms. The number of aliphatic carboxylic acids is 1. The fourth-order valence-electron chi connectivity index (χ4n) is 0.342. The smallest absolute Gasteiger partial charge is 0.321 e. The first-order valence-corrected chi connectivity index (χ1v) is 7.74. The van der Waals surface area contributed by atoms with Crippen molar-refractivity contribution in [3.63, 3.8) is 0 Å². The van der Waals surface area contributed by atoms with Gasteiger partial charge in [-0.05, 0) is 12.0 Å². The molecule has 0 rings (SSSR count). The molecule has 0 radical (unpaired) electrons. The maximum absolute atomic E-state index is 10.2. The SMILES string of the molecule is C=CCSO.C=CCSSCC(N)C(=O)O. The Morgan fingerprint density at radius 3 is 2.19 bits per heavy atom. The first kappa shape index (κ1) is 18.3. The van der Waals surface area contributed by atoms with Gasteiger partial charge in [0.2, 0.25) is 0 Å². The van der Waals surface area contributed by atoms with Gasteiger partial charge < -0.3 is 15.4 Å². The number of carboxylic acid groups (broad SMARTS) is 1. The predicted molar refractivity (Wildman–Crippen MR) is 76.0 cm³/mol. The molecule has 0 bridgehead atoms. The molecule has 0 saturated carbocycles. The van der Waals surface area contributed by atoms with Crippen molar-refractivity contribution >= 4 is 39.6 Å². The molecule has 0 aliphatic heterocycles. The third-order valence-corrected chi connectivity index (χ3v) is 3.76. The molecule has 0 aromatic carbocycles. The zero-order valence-electron chi connectivity index (χ0n) is 8.87. The van der Waals surface area contributed by atoms with E-state index in [-0.39, 0.29) is 0 Å². The molecule has 0 aromatic rings. The Balaban J connectivity index is 0. The second kappa shape index (κ2) is 14.9. The van der Waals surface area contributed by atoms with Gasteiger partial charge in [-0.15, -0.1) is 13.2 Å². The van der Waals surface area contributed by atoms with Crippen LogP contribution in [0.25, 0.3) is 0 Å². The summed E-state index contributed by atoms with van der Waals surface area (Å²) in [7, 11) is 3.01. The minimum atomic E-state index is -0.947. The van der Waals surface area contributed by atoms with E-state index < -0.39 is 12.0 Å². The van der Waals surface area contributed by atoms with E-state index >= 15 is 0 Å². The number of hydrogen-bond donors (Lipinski definition) is 3. The average molecular weight is 283 g/mol. The van der Waals surface area contributed by atoms with Crippen LogP contribution in [0.4, 0.5) is 0 Å². The third kappa shape index (κ3) is 16.4. The van der Waals surface area contributed by atoms with E-state index in [2.05, 4.69) is 13.2 Å². The molecule has 0 spiro atoms. The summed E-state index contributed by atoms with van der Waals surface area (Å²) in [5.41, 5.74) is 5.24. The van der Waals surface area contributed by atoms with Crippen molar-refractivity contribution < 1.29 is 14.5 Å². The third-order valence-electron chi connectivity index (χ3n) is 1.03. The summed E-state index contributed by atoms with van der Waals surface area (Å²) in [5.74, 6) is 0.932. The van der Waals surface area contributed by atoms with E-state index in [0.717, 1.165) is 17.8 Å². The zero-order valence-corrected chi connectivity index (χ0v) is 11.3. The normalized spacial score (nSPS) is 10.9. The summed E-state index contributed by atoms with van der Waals surface area (Å²) in [6.45, 7) is 6.90. The standard InChI is InChI=1S/C6H11NO2S2.C3H6OS/c1-2-3-10-11-4-5(7)6(8)9;1-2-3-5-4/h2,5H,1,3-4,7H2,(H,8,9);2,4H,1,3H2. The number of hydrogen-bond acceptors (Lipinski definition) is 6. The number of rotatable bonds is 8. The highest BCUT2D eigenvalue weighted by molar-refractivity contribution is 8.76. The van der Waals surface area contributed by atoms with Gasteiger partial charge in [-0.2, -0.15) is 0 Å². The first-order chi connectivity index (χ1) is 7.59. The maximum atomic E-state index is 10.2. The lowest BCUT2D eigenvalue weighted by Gasteiger charge is -2.03. The molecular weight excluding hydrogens is 266 g/mol. The van der Waals surface area contributed by atoms with Crippen molar-refractivity contribution in [2.75, 3.05) is 17.3 Å². The van der Waals surface area contributed by atoms with Crippen LogP contribution in [0.2, 0.25) is 0 Å². The molecule has 7 heteroatoms. The molecule has 1 atom stereocenters. The first-order valence-electron chi connectivity index (χ1n) is 4.31. The largest absolute Gasteiger partial charge is 0.480 e. The Kier molecular flexibility index (Phi) is 17.1. The van der Waals surface area contributed by atoms with Gasteiger partial charge in [-0.3, -0.25) is 4.79 Å². The minimum Gasteiger partial charge on any atom is -0.480 e. The number of nitrogens with two attached hydrogens (primary N) is 1. The van der Waals surface area contributed by atoms with Gasteiger partial charge in [0.1, 0.15) is 6.04 Å². The van der Waals surface area contributed by atoms with E-state index in [0.29, 0.717) is 11.5 Å². The number of carbonyl (C=O) groups is 1. The van der Waals surface area contributed by atoms with Gasteiger partial charge in [-0.25, -0.2) is 0 Å². The summed E-state index contributed by atoms with van der Waals surface area (Å²) in [5, 5.41) is 8.37. The molecule has 0 aliphatic rings. The van der Waals surface area contributed by atoms with E-state index in [1.165, 1.54) is 10.8 Å². The highest BCUT2D eigenvalue weighted by atomic mass is 33.1. The molecule has 4 nitrogen and oxygen atoms in total. The van der Waals surface area contributed by atoms with Crippen molar-refractivity contribution in [2.45, 2.75) is 6.04 Å². The van der Waals surface area contributed by atoms with Crippen LogP contribution in [-0.2, 0) is 4.79 Å². The zero-order chi connectivity index (χ0) is 12.8. The molecular formula is C9H17NO3S3. The Morgan fingerprint density at radius 1 is 1.31 bits per heavy atom. The average Bonchev–Trinajstić information content (AvgIpc) is 2.26. The molecule has 0 fully saturated rings. The van der Waals surface area contributed by atoms with Crippen molar-refractivity contribution in [1.29, 1.82) is 0 Å². The van der Waals surface area contributed by atoms with Gasteiger partial charge in [-0.1, -0.05) is 33.7 Å². The quantitative estimate of drug-likeness (QED) is 0.273. The lowest BCUT2D eigenvalue weighted by molar-refractivity contribution is -0.137. The van der Waals surface area contributed by atoms with E-state index in [4.69, 9.17) is 15.4 Å². The molecule has 94 valence electrons. The number of carboxylic acids is 1. The van der Waals surface area contributed by atoms with Gasteiger partial charge in [0.05, 0.1) is 0 Å². The van der Waals surface area contributed by atoms with Crippen LogP contribution in [-0.4, -0.2) is 38.9 Å². The van der Waals surface area contributed by atoms with Crippen LogP contribution in [0.15, 0.2) is 25.3 Å². The maximum Gasteiger partial charge on any atom is 0.321 e. The van der Waals surface area contributed by atoms with Crippen LogP contribution >= 0.6 is 33.6 Å². The molecule has 0 aromatic heterocycles. The molecule has 0 heterocycles. The van der Waals surface area contributed by atoms with E-state index in [1.54, 1.807) is 22.9 Å². The van der Waals surface area contributed by atoms with Crippen LogP contribution in [0.3, 0.4) is 0 Å². The minimum absolute atomic E-state index is 0.438.